The Balaban J connectivity index is 1.93. The molecule has 1 aromatic carbocycles. The van der Waals surface area contributed by atoms with E-state index in [0.29, 0.717) is 11.7 Å². The van der Waals surface area contributed by atoms with Crippen molar-refractivity contribution in [1.29, 1.82) is 0 Å². The fourth-order valence-electron chi connectivity index (χ4n) is 2.14. The summed E-state index contributed by atoms with van der Waals surface area (Å²) >= 11 is 0. The second-order valence-corrected chi connectivity index (χ2v) is 4.96. The number of hydrogen-bond acceptors (Lipinski definition) is 4. The van der Waals surface area contributed by atoms with Crippen LogP contribution in [0.25, 0.3) is 11.4 Å². The molecule has 3 aromatic rings. The van der Waals surface area contributed by atoms with E-state index in [0.717, 1.165) is 11.1 Å². The third-order valence-electron chi connectivity index (χ3n) is 3.46. The van der Waals surface area contributed by atoms with Crippen molar-refractivity contribution in [3.63, 3.8) is 0 Å². The van der Waals surface area contributed by atoms with Gasteiger partial charge in [-0.25, -0.2) is 0 Å². The second-order valence-electron chi connectivity index (χ2n) is 4.96. The van der Waals surface area contributed by atoms with Crippen LogP contribution < -0.4 is 5.56 Å². The van der Waals surface area contributed by atoms with Gasteiger partial charge >= 0.3 is 0 Å². The monoisotopic (exact) mass is 281 g/mol. The van der Waals surface area contributed by atoms with Crippen molar-refractivity contribution < 1.29 is 4.52 Å². The molecule has 2 heterocycles. The molecule has 0 saturated heterocycles. The van der Waals surface area contributed by atoms with Gasteiger partial charge in [0.1, 0.15) is 0 Å². The maximum Gasteiger partial charge on any atom is 0.250 e. The van der Waals surface area contributed by atoms with Crippen molar-refractivity contribution in [2.45, 2.75) is 12.8 Å². The van der Waals surface area contributed by atoms with Crippen molar-refractivity contribution in [2.75, 3.05) is 0 Å². The fraction of sp³-hybridized carbons (Fsp3) is 0.188. The molecule has 0 aliphatic carbocycles. The highest BCUT2D eigenvalue weighted by Gasteiger charge is 2.17. The van der Waals surface area contributed by atoms with Gasteiger partial charge in [0.15, 0.2) is 0 Å². The topological polar surface area (TPSA) is 60.9 Å². The molecular formula is C16H15N3O2. The Bertz CT molecular complexity index is 806. The van der Waals surface area contributed by atoms with Gasteiger partial charge < -0.3 is 9.09 Å². The second kappa shape index (κ2) is 5.36. The number of nitrogens with zero attached hydrogens (tertiary/aromatic N) is 3. The minimum Gasteiger partial charge on any atom is -0.338 e. The number of rotatable bonds is 3. The van der Waals surface area contributed by atoms with Crippen molar-refractivity contribution in [3.8, 4) is 11.4 Å². The Morgan fingerprint density at radius 2 is 1.90 bits per heavy atom. The molecule has 0 saturated carbocycles. The zero-order valence-corrected chi connectivity index (χ0v) is 11.9. The van der Waals surface area contributed by atoms with Gasteiger partial charge in [0.2, 0.25) is 17.3 Å². The van der Waals surface area contributed by atoms with E-state index in [4.69, 9.17) is 4.52 Å². The molecule has 2 aromatic heterocycles. The summed E-state index contributed by atoms with van der Waals surface area (Å²) in [6.45, 7) is 2.02. The molecule has 0 N–H and O–H groups in total. The van der Waals surface area contributed by atoms with E-state index in [1.165, 1.54) is 10.6 Å². The number of aromatic nitrogens is 3. The summed E-state index contributed by atoms with van der Waals surface area (Å²) in [5.74, 6) is 1.08. The zero-order valence-electron chi connectivity index (χ0n) is 11.9. The van der Waals surface area contributed by atoms with Crippen LogP contribution in [0.3, 0.4) is 0 Å². The quantitative estimate of drug-likeness (QED) is 0.740. The standard InChI is InChI=1S/C16H15N3O2/c1-11(12-6-4-3-5-7-12)16-17-15(18-21-16)13-8-9-14(20)19(2)10-13/h3-11H,1-2H3/t11-/m0/s1. The van der Waals surface area contributed by atoms with Gasteiger partial charge in [-0.2, -0.15) is 4.98 Å². The van der Waals surface area contributed by atoms with Crippen LogP contribution in [0.15, 0.2) is 58.0 Å². The molecule has 0 aliphatic rings. The normalized spacial score (nSPS) is 12.3. The number of benzene rings is 1. The first-order valence-corrected chi connectivity index (χ1v) is 6.71. The largest absolute Gasteiger partial charge is 0.338 e. The molecule has 0 spiro atoms. The Hall–Kier alpha value is -2.69. The van der Waals surface area contributed by atoms with Gasteiger partial charge in [-0.3, -0.25) is 4.79 Å². The number of hydrogen-bond donors (Lipinski definition) is 0. The SMILES string of the molecule is C[C@@H](c1ccccc1)c1nc(-c2ccc(=O)n(C)c2)no1. The van der Waals surface area contributed by atoms with Crippen LogP contribution in [-0.2, 0) is 7.05 Å². The summed E-state index contributed by atoms with van der Waals surface area (Å²) in [5, 5.41) is 4.00. The van der Waals surface area contributed by atoms with Crippen molar-refractivity contribution >= 4 is 0 Å². The summed E-state index contributed by atoms with van der Waals surface area (Å²) in [5.41, 5.74) is 1.81. The molecule has 0 radical (unpaired) electrons. The van der Waals surface area contributed by atoms with Crippen LogP contribution in [-0.4, -0.2) is 14.7 Å². The van der Waals surface area contributed by atoms with Gasteiger partial charge in [0.05, 0.1) is 5.92 Å². The molecule has 0 aliphatic heterocycles. The highest BCUT2D eigenvalue weighted by Crippen LogP contribution is 2.24. The van der Waals surface area contributed by atoms with Crippen molar-refractivity contribution in [1.82, 2.24) is 14.7 Å². The van der Waals surface area contributed by atoms with E-state index in [1.807, 2.05) is 37.3 Å². The lowest BCUT2D eigenvalue weighted by Gasteiger charge is -2.05. The number of pyridine rings is 1. The third kappa shape index (κ3) is 2.63. The van der Waals surface area contributed by atoms with Gasteiger partial charge in [-0.15, -0.1) is 0 Å². The lowest BCUT2D eigenvalue weighted by atomic mass is 10.0. The molecule has 5 nitrogen and oxygen atoms in total. The van der Waals surface area contributed by atoms with E-state index in [-0.39, 0.29) is 11.5 Å². The minimum absolute atomic E-state index is 0.0278. The number of aryl methyl sites for hydroxylation is 1. The highest BCUT2D eigenvalue weighted by molar-refractivity contribution is 5.52. The summed E-state index contributed by atoms with van der Waals surface area (Å²) in [6.07, 6.45) is 1.70. The molecule has 106 valence electrons. The molecule has 0 unspecified atom stereocenters. The van der Waals surface area contributed by atoms with Crippen LogP contribution in [0.5, 0.6) is 0 Å². The Labute approximate surface area is 121 Å². The molecule has 0 fully saturated rings. The van der Waals surface area contributed by atoms with Crippen LogP contribution >= 0.6 is 0 Å². The van der Waals surface area contributed by atoms with Crippen LogP contribution in [0, 0.1) is 0 Å². The molecule has 3 rings (SSSR count). The van der Waals surface area contributed by atoms with Crippen molar-refractivity contribution in [3.05, 3.63) is 70.5 Å². The van der Waals surface area contributed by atoms with Gasteiger partial charge in [-0.1, -0.05) is 35.5 Å². The average Bonchev–Trinajstić information content (AvgIpc) is 3.00. The van der Waals surface area contributed by atoms with E-state index < -0.39 is 0 Å². The Kier molecular flexibility index (Phi) is 3.39. The van der Waals surface area contributed by atoms with E-state index in [2.05, 4.69) is 10.1 Å². The molecule has 0 bridgehead atoms. The summed E-state index contributed by atoms with van der Waals surface area (Å²) in [7, 11) is 1.69. The maximum absolute atomic E-state index is 11.4. The summed E-state index contributed by atoms with van der Waals surface area (Å²) in [4.78, 5) is 15.8. The smallest absolute Gasteiger partial charge is 0.250 e. The molecular weight excluding hydrogens is 266 g/mol. The molecule has 0 amide bonds. The lowest BCUT2D eigenvalue weighted by Crippen LogP contribution is -2.14. The minimum atomic E-state index is -0.0693. The first kappa shape index (κ1) is 13.3. The molecule has 21 heavy (non-hydrogen) atoms. The van der Waals surface area contributed by atoms with E-state index in [1.54, 1.807) is 19.3 Å². The first-order valence-electron chi connectivity index (χ1n) is 6.71. The maximum atomic E-state index is 11.4. The van der Waals surface area contributed by atoms with Crippen molar-refractivity contribution in [2.24, 2.45) is 7.05 Å². The molecule has 1 atom stereocenters. The lowest BCUT2D eigenvalue weighted by molar-refractivity contribution is 0.371. The average molecular weight is 281 g/mol. The van der Waals surface area contributed by atoms with E-state index in [9.17, 15) is 4.79 Å². The van der Waals surface area contributed by atoms with Crippen LogP contribution in [0.4, 0.5) is 0 Å². The first-order chi connectivity index (χ1) is 10.1. The van der Waals surface area contributed by atoms with Gasteiger partial charge in [0.25, 0.3) is 0 Å². The predicted octanol–water partition coefficient (Wildman–Crippen LogP) is 2.59. The Morgan fingerprint density at radius 1 is 1.14 bits per heavy atom. The summed E-state index contributed by atoms with van der Waals surface area (Å²) < 4.78 is 6.85. The van der Waals surface area contributed by atoms with E-state index >= 15 is 0 Å². The van der Waals surface area contributed by atoms with Crippen LogP contribution in [0.2, 0.25) is 0 Å². The zero-order chi connectivity index (χ0) is 14.8. The Morgan fingerprint density at radius 3 is 2.62 bits per heavy atom. The van der Waals surface area contributed by atoms with Crippen LogP contribution in [0.1, 0.15) is 24.3 Å². The highest BCUT2D eigenvalue weighted by atomic mass is 16.5. The van der Waals surface area contributed by atoms with Gasteiger partial charge in [-0.05, 0) is 18.6 Å². The molecule has 5 heteroatoms. The summed E-state index contributed by atoms with van der Waals surface area (Å²) in [6, 6.07) is 13.2. The fourth-order valence-corrected chi connectivity index (χ4v) is 2.14. The van der Waals surface area contributed by atoms with Gasteiger partial charge in [0, 0.05) is 24.9 Å². The predicted molar refractivity (Wildman–Crippen MR) is 78.9 cm³/mol. The third-order valence-corrected chi connectivity index (χ3v) is 3.46.